The predicted molar refractivity (Wildman–Crippen MR) is 118 cm³/mol. The van der Waals surface area contributed by atoms with Crippen molar-refractivity contribution in [3.8, 4) is 5.75 Å². The molecular weight excluding hydrogens is 392 g/mol. The minimum atomic E-state index is -1.07. The molecule has 0 bridgehead atoms. The van der Waals surface area contributed by atoms with E-state index in [9.17, 15) is 9.59 Å². The van der Waals surface area contributed by atoms with Crippen LogP contribution in [0.4, 0.5) is 5.69 Å². The van der Waals surface area contributed by atoms with E-state index < -0.39 is 18.0 Å². The number of carbonyl (C=O) groups is 2. The lowest BCUT2D eigenvalue weighted by Gasteiger charge is -2.18. The number of benzene rings is 2. The van der Waals surface area contributed by atoms with Gasteiger partial charge in [0, 0.05) is 28.7 Å². The largest absolute Gasteiger partial charge is 0.497 e. The number of esters is 1. The summed E-state index contributed by atoms with van der Waals surface area (Å²) in [6, 6.07) is 18.3. The summed E-state index contributed by atoms with van der Waals surface area (Å²) in [5.74, 6) is -0.227. The minimum absolute atomic E-state index is 0.416. The second-order valence-electron chi connectivity index (χ2n) is 7.80. The van der Waals surface area contributed by atoms with Crippen LogP contribution in [-0.2, 0) is 9.53 Å². The van der Waals surface area contributed by atoms with E-state index in [0.29, 0.717) is 28.6 Å². The number of aromatic nitrogens is 1. The molecule has 31 heavy (non-hydrogen) atoms. The molecule has 1 amide bonds. The van der Waals surface area contributed by atoms with Crippen LogP contribution in [0.25, 0.3) is 0 Å². The minimum Gasteiger partial charge on any atom is -0.497 e. The molecule has 0 radical (unpaired) electrons. The van der Waals surface area contributed by atoms with Gasteiger partial charge in [0.15, 0.2) is 0 Å². The number of hydrogen-bond donors (Lipinski definition) is 1. The molecule has 1 N–H and O–H groups in total. The highest BCUT2D eigenvalue weighted by Gasteiger charge is 2.31. The third-order valence-electron chi connectivity index (χ3n) is 5.54. The SMILES string of the molecule is COc1ccc(NC(=O)C(OC(=O)c2cc(C)n(C3CC3)c2C)c2ccccc2)cc1. The molecule has 160 valence electrons. The number of ether oxygens (including phenoxy) is 2. The molecule has 0 saturated heterocycles. The van der Waals surface area contributed by atoms with Gasteiger partial charge in [0.2, 0.25) is 6.10 Å². The van der Waals surface area contributed by atoms with Gasteiger partial charge >= 0.3 is 5.97 Å². The molecular formula is C25H26N2O4. The highest BCUT2D eigenvalue weighted by Crippen LogP contribution is 2.38. The average molecular weight is 418 g/mol. The van der Waals surface area contributed by atoms with Crippen LogP contribution in [0.5, 0.6) is 5.75 Å². The summed E-state index contributed by atoms with van der Waals surface area (Å²) in [5, 5.41) is 2.83. The number of anilines is 1. The van der Waals surface area contributed by atoms with Gasteiger partial charge in [0.1, 0.15) is 5.75 Å². The number of nitrogens with zero attached hydrogens (tertiary/aromatic N) is 1. The first-order chi connectivity index (χ1) is 15.0. The van der Waals surface area contributed by atoms with Gasteiger partial charge in [-0.25, -0.2) is 4.79 Å². The van der Waals surface area contributed by atoms with Crippen molar-refractivity contribution in [2.45, 2.75) is 38.8 Å². The van der Waals surface area contributed by atoms with Gasteiger partial charge in [-0.05, 0) is 57.0 Å². The van der Waals surface area contributed by atoms with Crippen LogP contribution in [0.2, 0.25) is 0 Å². The molecule has 0 spiro atoms. The quantitative estimate of drug-likeness (QED) is 0.549. The molecule has 1 atom stereocenters. The van der Waals surface area contributed by atoms with Crippen LogP contribution < -0.4 is 10.1 Å². The Hall–Kier alpha value is -3.54. The monoisotopic (exact) mass is 418 g/mol. The van der Waals surface area contributed by atoms with Crippen molar-refractivity contribution < 1.29 is 19.1 Å². The van der Waals surface area contributed by atoms with E-state index in [1.165, 1.54) is 0 Å². The van der Waals surface area contributed by atoms with E-state index in [1.54, 1.807) is 43.5 Å². The Bertz CT molecular complexity index is 1080. The van der Waals surface area contributed by atoms with Crippen molar-refractivity contribution >= 4 is 17.6 Å². The van der Waals surface area contributed by atoms with Gasteiger partial charge < -0.3 is 19.4 Å². The van der Waals surface area contributed by atoms with E-state index in [2.05, 4.69) is 9.88 Å². The van der Waals surface area contributed by atoms with Gasteiger partial charge in [-0.3, -0.25) is 4.79 Å². The molecule has 1 aliphatic carbocycles. The zero-order valence-corrected chi connectivity index (χ0v) is 17.9. The second kappa shape index (κ2) is 8.68. The van der Waals surface area contributed by atoms with Crippen molar-refractivity contribution in [1.82, 2.24) is 4.57 Å². The number of nitrogens with one attached hydrogen (secondary N) is 1. The Kier molecular flexibility index (Phi) is 5.80. The zero-order valence-electron chi connectivity index (χ0n) is 17.9. The first-order valence-corrected chi connectivity index (χ1v) is 10.4. The van der Waals surface area contributed by atoms with Crippen molar-refractivity contribution in [1.29, 1.82) is 0 Å². The first kappa shape index (κ1) is 20.7. The van der Waals surface area contributed by atoms with Gasteiger partial charge in [0.25, 0.3) is 5.91 Å². The summed E-state index contributed by atoms with van der Waals surface area (Å²) in [6.45, 7) is 3.92. The maximum Gasteiger partial charge on any atom is 0.341 e. The van der Waals surface area contributed by atoms with Crippen molar-refractivity contribution in [2.24, 2.45) is 0 Å². The third-order valence-corrected chi connectivity index (χ3v) is 5.54. The van der Waals surface area contributed by atoms with Crippen LogP contribution in [0, 0.1) is 13.8 Å². The molecule has 1 saturated carbocycles. The number of amides is 1. The smallest absolute Gasteiger partial charge is 0.341 e. The molecule has 0 aliphatic heterocycles. The number of hydrogen-bond acceptors (Lipinski definition) is 4. The van der Waals surface area contributed by atoms with Gasteiger partial charge in [0.05, 0.1) is 12.7 Å². The van der Waals surface area contributed by atoms with E-state index in [0.717, 1.165) is 24.2 Å². The Labute approximate surface area is 181 Å². The van der Waals surface area contributed by atoms with Crippen molar-refractivity contribution in [2.75, 3.05) is 12.4 Å². The lowest BCUT2D eigenvalue weighted by atomic mass is 10.1. The lowest BCUT2D eigenvalue weighted by molar-refractivity contribution is -0.125. The number of carbonyl (C=O) groups excluding carboxylic acids is 2. The average Bonchev–Trinajstić information content (AvgIpc) is 3.57. The van der Waals surface area contributed by atoms with E-state index in [-0.39, 0.29) is 0 Å². The number of aryl methyl sites for hydroxylation is 1. The molecule has 6 heteroatoms. The maximum absolute atomic E-state index is 13.1. The molecule has 4 rings (SSSR count). The molecule has 2 aromatic carbocycles. The van der Waals surface area contributed by atoms with Gasteiger partial charge in [-0.15, -0.1) is 0 Å². The Balaban J connectivity index is 1.57. The Morgan fingerprint density at radius 1 is 1.03 bits per heavy atom. The summed E-state index contributed by atoms with van der Waals surface area (Å²) in [5.41, 5.74) is 3.62. The van der Waals surface area contributed by atoms with Crippen molar-refractivity contribution in [3.05, 3.63) is 83.2 Å². The second-order valence-corrected chi connectivity index (χ2v) is 7.80. The fraction of sp³-hybridized carbons (Fsp3) is 0.280. The first-order valence-electron chi connectivity index (χ1n) is 10.4. The Morgan fingerprint density at radius 3 is 2.32 bits per heavy atom. The molecule has 1 aromatic heterocycles. The van der Waals surface area contributed by atoms with Crippen LogP contribution in [0.15, 0.2) is 60.7 Å². The number of rotatable bonds is 7. The van der Waals surface area contributed by atoms with E-state index in [4.69, 9.17) is 9.47 Å². The lowest BCUT2D eigenvalue weighted by Crippen LogP contribution is -2.26. The highest BCUT2D eigenvalue weighted by atomic mass is 16.5. The topological polar surface area (TPSA) is 69.6 Å². The van der Waals surface area contributed by atoms with Crippen LogP contribution in [-0.4, -0.2) is 23.6 Å². The summed E-state index contributed by atoms with van der Waals surface area (Å²) < 4.78 is 13.1. The van der Waals surface area contributed by atoms with Crippen LogP contribution in [0.3, 0.4) is 0 Å². The summed E-state index contributed by atoms with van der Waals surface area (Å²) in [4.78, 5) is 26.2. The summed E-state index contributed by atoms with van der Waals surface area (Å²) >= 11 is 0. The fourth-order valence-electron chi connectivity index (χ4n) is 3.83. The van der Waals surface area contributed by atoms with Crippen LogP contribution >= 0.6 is 0 Å². The van der Waals surface area contributed by atoms with Gasteiger partial charge in [-0.1, -0.05) is 30.3 Å². The van der Waals surface area contributed by atoms with Gasteiger partial charge in [-0.2, -0.15) is 0 Å². The molecule has 1 heterocycles. The number of methoxy groups -OCH3 is 1. The molecule has 1 fully saturated rings. The predicted octanol–water partition coefficient (Wildman–Crippen LogP) is 4.99. The molecule has 6 nitrogen and oxygen atoms in total. The third kappa shape index (κ3) is 4.48. The summed E-state index contributed by atoms with van der Waals surface area (Å²) in [7, 11) is 1.58. The maximum atomic E-state index is 13.1. The van der Waals surface area contributed by atoms with Crippen LogP contribution in [0.1, 0.15) is 52.3 Å². The summed E-state index contributed by atoms with van der Waals surface area (Å²) in [6.07, 6.45) is 1.18. The van der Waals surface area contributed by atoms with E-state index in [1.807, 2.05) is 38.1 Å². The zero-order chi connectivity index (χ0) is 22.0. The van der Waals surface area contributed by atoms with Crippen molar-refractivity contribution in [3.63, 3.8) is 0 Å². The molecule has 1 unspecified atom stereocenters. The van der Waals surface area contributed by atoms with E-state index >= 15 is 0 Å². The normalized spacial score (nSPS) is 14.0. The standard InChI is InChI=1S/C25H26N2O4/c1-16-15-22(17(2)27(16)20-11-12-20)25(29)31-23(18-7-5-4-6-8-18)24(28)26-19-9-13-21(30-3)14-10-19/h4-10,13-15,20,23H,11-12H2,1-3H3,(H,26,28). The highest BCUT2D eigenvalue weighted by molar-refractivity contribution is 5.98. The fourth-order valence-corrected chi connectivity index (χ4v) is 3.83. The molecule has 3 aromatic rings. The molecule has 1 aliphatic rings. The Morgan fingerprint density at radius 2 is 1.71 bits per heavy atom.